The van der Waals surface area contributed by atoms with E-state index >= 15 is 0 Å². The van der Waals surface area contributed by atoms with Gasteiger partial charge in [0.15, 0.2) is 5.76 Å². The molecule has 0 N–H and O–H groups in total. The highest BCUT2D eigenvalue weighted by Crippen LogP contribution is 2.32. The SMILES string of the molecule is O=C(c1ccc2c(c1)C(=O)N(Cc1ccccn1)C2=O)N1CCc2noc(-c3ccc(Cl)cc3)c2C1. The van der Waals surface area contributed by atoms with Crippen LogP contribution in [0.25, 0.3) is 11.3 Å². The summed E-state index contributed by atoms with van der Waals surface area (Å²) in [5.74, 6) is -0.436. The first-order valence-corrected chi connectivity index (χ1v) is 11.8. The maximum absolute atomic E-state index is 13.4. The minimum Gasteiger partial charge on any atom is -0.356 e. The quantitative estimate of drug-likeness (QED) is 0.387. The molecule has 4 heterocycles. The number of carbonyl (C=O) groups excluding carboxylic acids is 3. The molecule has 4 aromatic rings. The Labute approximate surface area is 211 Å². The van der Waals surface area contributed by atoms with Crippen molar-refractivity contribution in [2.45, 2.75) is 19.5 Å². The Bertz CT molecular complexity index is 1510. The maximum atomic E-state index is 13.4. The molecule has 0 atom stereocenters. The number of amides is 3. The lowest BCUT2D eigenvalue weighted by Gasteiger charge is -2.26. The van der Waals surface area contributed by atoms with Crippen molar-refractivity contribution in [2.75, 3.05) is 6.54 Å². The van der Waals surface area contributed by atoms with Gasteiger partial charge in [-0.3, -0.25) is 24.3 Å². The van der Waals surface area contributed by atoms with Gasteiger partial charge in [0, 0.05) is 40.9 Å². The molecule has 3 amide bonds. The molecular formula is C27H19ClN4O4. The van der Waals surface area contributed by atoms with Crippen molar-refractivity contribution < 1.29 is 18.9 Å². The van der Waals surface area contributed by atoms with Crippen molar-refractivity contribution in [3.8, 4) is 11.3 Å². The predicted molar refractivity (Wildman–Crippen MR) is 130 cm³/mol. The van der Waals surface area contributed by atoms with Crippen molar-refractivity contribution >= 4 is 29.3 Å². The van der Waals surface area contributed by atoms with Gasteiger partial charge in [0.2, 0.25) is 0 Å². The summed E-state index contributed by atoms with van der Waals surface area (Å²) < 4.78 is 5.60. The number of nitrogens with zero attached hydrogens (tertiary/aromatic N) is 4. The smallest absolute Gasteiger partial charge is 0.261 e. The van der Waals surface area contributed by atoms with E-state index < -0.39 is 5.91 Å². The second kappa shape index (κ2) is 8.73. The second-order valence-electron chi connectivity index (χ2n) is 8.70. The molecule has 178 valence electrons. The van der Waals surface area contributed by atoms with Gasteiger partial charge >= 0.3 is 0 Å². The summed E-state index contributed by atoms with van der Waals surface area (Å²) in [6, 6.07) is 17.2. The van der Waals surface area contributed by atoms with Crippen molar-refractivity contribution in [2.24, 2.45) is 0 Å². The molecule has 2 aliphatic rings. The van der Waals surface area contributed by atoms with Crippen LogP contribution in [-0.4, -0.2) is 44.2 Å². The molecule has 8 nitrogen and oxygen atoms in total. The zero-order valence-corrected chi connectivity index (χ0v) is 19.7. The minimum absolute atomic E-state index is 0.0757. The second-order valence-corrected chi connectivity index (χ2v) is 9.13. The van der Waals surface area contributed by atoms with Gasteiger partial charge in [-0.25, -0.2) is 0 Å². The summed E-state index contributed by atoms with van der Waals surface area (Å²) in [6.07, 6.45) is 2.17. The van der Waals surface area contributed by atoms with Crippen LogP contribution in [0.2, 0.25) is 5.02 Å². The molecular weight excluding hydrogens is 480 g/mol. The first kappa shape index (κ1) is 22.2. The number of hydrogen-bond donors (Lipinski definition) is 0. The van der Waals surface area contributed by atoms with E-state index in [1.54, 1.807) is 53.6 Å². The van der Waals surface area contributed by atoms with Crippen LogP contribution in [-0.2, 0) is 19.5 Å². The van der Waals surface area contributed by atoms with Gasteiger partial charge in [0.25, 0.3) is 17.7 Å². The maximum Gasteiger partial charge on any atom is 0.261 e. The van der Waals surface area contributed by atoms with Gasteiger partial charge in [0.05, 0.1) is 35.6 Å². The van der Waals surface area contributed by atoms with E-state index in [4.69, 9.17) is 16.1 Å². The van der Waals surface area contributed by atoms with Gasteiger partial charge in [-0.15, -0.1) is 0 Å². The third-order valence-corrected chi connectivity index (χ3v) is 6.75. The monoisotopic (exact) mass is 498 g/mol. The highest BCUT2D eigenvalue weighted by molar-refractivity contribution is 6.30. The van der Waals surface area contributed by atoms with E-state index in [9.17, 15) is 14.4 Å². The van der Waals surface area contributed by atoms with E-state index in [1.165, 1.54) is 6.07 Å². The molecule has 2 aromatic heterocycles. The van der Waals surface area contributed by atoms with Crippen molar-refractivity contribution in [3.63, 3.8) is 0 Å². The minimum atomic E-state index is -0.430. The summed E-state index contributed by atoms with van der Waals surface area (Å²) >= 11 is 6.01. The van der Waals surface area contributed by atoms with E-state index in [2.05, 4.69) is 10.1 Å². The summed E-state index contributed by atoms with van der Waals surface area (Å²) in [6.45, 7) is 0.867. The molecule has 6 rings (SSSR count). The Kier molecular flexibility index (Phi) is 5.38. The number of rotatable bonds is 4. The topological polar surface area (TPSA) is 96.6 Å². The molecule has 0 radical (unpaired) electrons. The number of aromatic nitrogens is 2. The fraction of sp³-hybridized carbons (Fsp3) is 0.148. The largest absolute Gasteiger partial charge is 0.356 e. The number of pyridine rings is 1. The Balaban J connectivity index is 1.24. The number of carbonyl (C=O) groups is 3. The summed E-state index contributed by atoms with van der Waals surface area (Å²) in [4.78, 5) is 46.4. The van der Waals surface area contributed by atoms with Crippen LogP contribution in [0.1, 0.15) is 48.0 Å². The van der Waals surface area contributed by atoms with Gasteiger partial charge in [-0.2, -0.15) is 0 Å². The zero-order valence-electron chi connectivity index (χ0n) is 19.0. The highest BCUT2D eigenvalue weighted by atomic mass is 35.5. The molecule has 0 spiro atoms. The molecule has 0 fully saturated rings. The van der Waals surface area contributed by atoms with Crippen molar-refractivity contribution in [3.05, 3.63) is 106 Å². The van der Waals surface area contributed by atoms with Crippen LogP contribution in [0.15, 0.2) is 71.4 Å². The average molecular weight is 499 g/mol. The van der Waals surface area contributed by atoms with Gasteiger partial charge in [-0.05, 0) is 54.6 Å². The van der Waals surface area contributed by atoms with E-state index in [0.29, 0.717) is 41.6 Å². The Morgan fingerprint density at radius 3 is 2.58 bits per heavy atom. The third-order valence-electron chi connectivity index (χ3n) is 6.49. The van der Waals surface area contributed by atoms with Gasteiger partial charge in [-0.1, -0.05) is 22.8 Å². The molecule has 0 saturated carbocycles. The van der Waals surface area contributed by atoms with Crippen molar-refractivity contribution in [1.29, 1.82) is 0 Å². The number of benzene rings is 2. The van der Waals surface area contributed by atoms with Crippen LogP contribution >= 0.6 is 11.6 Å². The fourth-order valence-electron chi connectivity index (χ4n) is 4.62. The molecule has 0 saturated heterocycles. The molecule has 36 heavy (non-hydrogen) atoms. The molecule has 2 aromatic carbocycles. The average Bonchev–Trinajstić information content (AvgIpc) is 3.43. The molecule has 0 unspecified atom stereocenters. The third kappa shape index (κ3) is 3.76. The lowest BCUT2D eigenvalue weighted by molar-refractivity contribution is 0.0640. The van der Waals surface area contributed by atoms with Crippen LogP contribution < -0.4 is 0 Å². The summed E-state index contributed by atoms with van der Waals surface area (Å²) in [5.41, 5.74) is 3.98. The fourth-order valence-corrected chi connectivity index (χ4v) is 4.74. The van der Waals surface area contributed by atoms with Crippen LogP contribution in [0.4, 0.5) is 0 Å². The zero-order chi connectivity index (χ0) is 24.8. The normalized spacial score (nSPS) is 14.7. The Hall–Kier alpha value is -4.30. The number of halogens is 1. The number of imide groups is 1. The molecule has 2 aliphatic heterocycles. The number of fused-ring (bicyclic) bond motifs is 2. The first-order chi connectivity index (χ1) is 17.5. The first-order valence-electron chi connectivity index (χ1n) is 11.4. The molecule has 0 bridgehead atoms. The van der Waals surface area contributed by atoms with E-state index in [-0.39, 0.29) is 29.5 Å². The lowest BCUT2D eigenvalue weighted by Crippen LogP contribution is -2.36. The van der Waals surface area contributed by atoms with Crippen LogP contribution in [0.3, 0.4) is 0 Å². The van der Waals surface area contributed by atoms with Crippen LogP contribution in [0, 0.1) is 0 Å². The Morgan fingerprint density at radius 1 is 1.00 bits per heavy atom. The number of hydrogen-bond acceptors (Lipinski definition) is 6. The predicted octanol–water partition coefficient (Wildman–Crippen LogP) is 4.38. The van der Waals surface area contributed by atoms with E-state index in [1.807, 2.05) is 12.1 Å². The standard InChI is InChI=1S/C27H19ClN4O4/c28-18-7-4-16(5-8-18)24-22-15-31(12-10-23(22)30-36-24)25(33)17-6-9-20-21(13-17)27(35)32(26(20)34)14-19-3-1-2-11-29-19/h1-9,11,13H,10,12,14-15H2. The molecule has 9 heteroatoms. The molecule has 0 aliphatic carbocycles. The van der Waals surface area contributed by atoms with E-state index in [0.717, 1.165) is 21.7 Å². The highest BCUT2D eigenvalue weighted by Gasteiger charge is 2.37. The lowest BCUT2D eigenvalue weighted by atomic mass is 10.00. The van der Waals surface area contributed by atoms with Gasteiger partial charge in [0.1, 0.15) is 0 Å². The van der Waals surface area contributed by atoms with Gasteiger partial charge < -0.3 is 9.42 Å². The Morgan fingerprint density at radius 2 is 1.81 bits per heavy atom. The van der Waals surface area contributed by atoms with Crippen LogP contribution in [0.5, 0.6) is 0 Å². The summed E-state index contributed by atoms with van der Waals surface area (Å²) in [7, 11) is 0. The summed E-state index contributed by atoms with van der Waals surface area (Å²) in [5, 5.41) is 4.81. The van der Waals surface area contributed by atoms with Crippen molar-refractivity contribution in [1.82, 2.24) is 19.9 Å².